The molecule has 0 unspecified atom stereocenters. The topological polar surface area (TPSA) is 72.8 Å². The van der Waals surface area contributed by atoms with Crippen LogP contribution in [0.3, 0.4) is 0 Å². The molecule has 0 saturated heterocycles. The summed E-state index contributed by atoms with van der Waals surface area (Å²) in [4.78, 5) is 23.8. The monoisotopic (exact) mass is 336 g/mol. The van der Waals surface area contributed by atoms with E-state index in [2.05, 4.69) is 0 Å². The van der Waals surface area contributed by atoms with Crippen molar-refractivity contribution in [2.75, 3.05) is 6.61 Å². The Balaban J connectivity index is 1.85. The van der Waals surface area contributed by atoms with Crippen molar-refractivity contribution in [3.63, 3.8) is 0 Å². The van der Waals surface area contributed by atoms with E-state index >= 15 is 0 Å². The lowest BCUT2D eigenvalue weighted by Crippen LogP contribution is -2.25. The summed E-state index contributed by atoms with van der Waals surface area (Å²) in [7, 11) is 0. The summed E-state index contributed by atoms with van der Waals surface area (Å²) >= 11 is 0. The number of aromatic hydroxyl groups is 1. The van der Waals surface area contributed by atoms with Gasteiger partial charge in [-0.3, -0.25) is 9.59 Å². The maximum atomic E-state index is 12.0. The minimum absolute atomic E-state index is 0.0965. The normalized spacial score (nSPS) is 18.4. The maximum absolute atomic E-state index is 12.0. The second-order valence-corrected chi connectivity index (χ2v) is 6.21. The van der Waals surface area contributed by atoms with Gasteiger partial charge in [-0.2, -0.15) is 0 Å². The molecule has 1 atom stereocenters. The summed E-state index contributed by atoms with van der Waals surface area (Å²) in [5.41, 5.74) is 2.49. The predicted molar refractivity (Wildman–Crippen MR) is 91.0 cm³/mol. The summed E-state index contributed by atoms with van der Waals surface area (Å²) in [6, 6.07) is 10.7. The van der Waals surface area contributed by atoms with Crippen LogP contribution in [-0.4, -0.2) is 23.5 Å². The van der Waals surface area contributed by atoms with Crippen molar-refractivity contribution in [2.24, 2.45) is 0 Å². The average Bonchev–Trinajstić information content (AvgIpc) is 2.60. The Morgan fingerprint density at radius 1 is 1.16 bits per heavy atom. The molecular weight excluding hydrogens is 320 g/mol. The Bertz CT molecular complexity index is 926. The van der Waals surface area contributed by atoms with Gasteiger partial charge in [0.2, 0.25) is 0 Å². The number of rotatable bonds is 2. The number of benzene rings is 2. The number of hydrogen-bond donors (Lipinski definition) is 1. The number of carbonyl (C=O) groups is 2. The van der Waals surface area contributed by atoms with E-state index in [4.69, 9.17) is 9.47 Å². The molecule has 2 aliphatic rings. The van der Waals surface area contributed by atoms with Crippen LogP contribution in [-0.2, 0) is 4.79 Å². The fraction of sp³-hybridized carbons (Fsp3) is 0.200. The minimum Gasteiger partial charge on any atom is -0.507 e. The molecule has 5 heteroatoms. The molecule has 25 heavy (non-hydrogen) atoms. The zero-order valence-electron chi connectivity index (χ0n) is 13.6. The summed E-state index contributed by atoms with van der Waals surface area (Å²) < 4.78 is 11.0. The van der Waals surface area contributed by atoms with Crippen molar-refractivity contribution >= 4 is 17.8 Å². The molecule has 2 aromatic rings. The van der Waals surface area contributed by atoms with E-state index in [1.807, 2.05) is 30.3 Å². The third kappa shape index (κ3) is 2.58. The van der Waals surface area contributed by atoms with Gasteiger partial charge in [0, 0.05) is 17.0 Å². The van der Waals surface area contributed by atoms with E-state index in [9.17, 15) is 14.7 Å². The quantitative estimate of drug-likeness (QED) is 0.516. The van der Waals surface area contributed by atoms with Crippen LogP contribution < -0.4 is 9.47 Å². The lowest BCUT2D eigenvalue weighted by atomic mass is 9.83. The van der Waals surface area contributed by atoms with E-state index in [1.54, 1.807) is 6.07 Å². The Morgan fingerprint density at radius 3 is 2.76 bits per heavy atom. The minimum atomic E-state index is -0.385. The highest BCUT2D eigenvalue weighted by atomic mass is 16.5. The number of hydrogen-bond acceptors (Lipinski definition) is 5. The second-order valence-electron chi connectivity index (χ2n) is 6.21. The lowest BCUT2D eigenvalue weighted by Gasteiger charge is -2.30. The van der Waals surface area contributed by atoms with Gasteiger partial charge in [0.15, 0.2) is 5.78 Å². The highest BCUT2D eigenvalue weighted by Gasteiger charge is 2.35. The van der Waals surface area contributed by atoms with Crippen LogP contribution in [0.1, 0.15) is 40.7 Å². The zero-order valence-corrected chi connectivity index (χ0v) is 13.6. The first-order valence-electron chi connectivity index (χ1n) is 8.04. The maximum Gasteiger partial charge on any atom is 0.312 e. The van der Waals surface area contributed by atoms with E-state index in [0.29, 0.717) is 17.9 Å². The fourth-order valence-corrected chi connectivity index (χ4v) is 3.38. The predicted octanol–water partition coefficient (Wildman–Crippen LogP) is 3.46. The molecule has 0 saturated carbocycles. The van der Waals surface area contributed by atoms with Crippen LogP contribution in [0.15, 0.2) is 42.0 Å². The van der Waals surface area contributed by atoms with Crippen molar-refractivity contribution < 1.29 is 24.2 Å². The molecule has 0 radical (unpaired) electrons. The molecule has 0 bridgehead atoms. The molecule has 126 valence electrons. The van der Waals surface area contributed by atoms with Crippen molar-refractivity contribution in [1.82, 2.24) is 0 Å². The van der Waals surface area contributed by atoms with Gasteiger partial charge in [0.25, 0.3) is 0 Å². The standard InChI is InChI=1S/C20H16O5/c1-11(21)14-6-7-17-19(20(14)23)15(9-18(22)25-17)13-8-12-4-2-3-5-16(12)24-10-13/h2-8,15,23H,9-10H2,1H3/t15-/m0/s1. The van der Waals surface area contributed by atoms with Gasteiger partial charge >= 0.3 is 5.97 Å². The highest BCUT2D eigenvalue weighted by molar-refractivity contribution is 5.98. The van der Waals surface area contributed by atoms with Crippen LogP contribution in [0.5, 0.6) is 17.2 Å². The lowest BCUT2D eigenvalue weighted by molar-refractivity contribution is -0.135. The molecule has 2 aromatic carbocycles. The van der Waals surface area contributed by atoms with Crippen LogP contribution in [0.25, 0.3) is 6.08 Å². The van der Waals surface area contributed by atoms with Gasteiger partial charge in [-0.1, -0.05) is 18.2 Å². The van der Waals surface area contributed by atoms with Crippen LogP contribution in [0, 0.1) is 0 Å². The van der Waals surface area contributed by atoms with Crippen molar-refractivity contribution in [3.05, 3.63) is 58.7 Å². The van der Waals surface area contributed by atoms with Gasteiger partial charge in [0.1, 0.15) is 23.9 Å². The third-order valence-electron chi connectivity index (χ3n) is 4.60. The van der Waals surface area contributed by atoms with Gasteiger partial charge in [-0.05, 0) is 36.8 Å². The van der Waals surface area contributed by atoms with Crippen molar-refractivity contribution in [2.45, 2.75) is 19.3 Å². The number of phenols is 1. The number of carbonyl (C=O) groups excluding carboxylic acids is 2. The van der Waals surface area contributed by atoms with E-state index < -0.39 is 0 Å². The van der Waals surface area contributed by atoms with Gasteiger partial charge in [0.05, 0.1) is 12.0 Å². The van der Waals surface area contributed by atoms with Crippen LogP contribution in [0.2, 0.25) is 0 Å². The number of ketones is 1. The molecule has 4 rings (SSSR count). The number of esters is 1. The molecule has 0 amide bonds. The first-order valence-corrected chi connectivity index (χ1v) is 8.04. The van der Waals surface area contributed by atoms with Gasteiger partial charge < -0.3 is 14.6 Å². The molecule has 1 N–H and O–H groups in total. The number of Topliss-reactive ketones (excluding diaryl/α,β-unsaturated/α-hetero) is 1. The molecule has 5 nitrogen and oxygen atoms in total. The third-order valence-corrected chi connectivity index (χ3v) is 4.60. The van der Waals surface area contributed by atoms with Gasteiger partial charge in [-0.15, -0.1) is 0 Å². The molecule has 0 aromatic heterocycles. The van der Waals surface area contributed by atoms with Crippen molar-refractivity contribution in [3.8, 4) is 17.2 Å². The van der Waals surface area contributed by atoms with E-state index in [0.717, 1.165) is 16.9 Å². The van der Waals surface area contributed by atoms with Crippen LogP contribution >= 0.6 is 0 Å². The largest absolute Gasteiger partial charge is 0.507 e. The van der Waals surface area contributed by atoms with E-state index in [-0.39, 0.29) is 35.4 Å². The Labute approximate surface area is 144 Å². The Kier molecular flexibility index (Phi) is 3.57. The Hall–Kier alpha value is -3.08. The summed E-state index contributed by atoms with van der Waals surface area (Å²) in [6.45, 7) is 1.71. The highest BCUT2D eigenvalue weighted by Crippen LogP contribution is 2.46. The second kappa shape index (κ2) is 5.77. The van der Waals surface area contributed by atoms with Crippen LogP contribution in [0.4, 0.5) is 0 Å². The smallest absolute Gasteiger partial charge is 0.312 e. The Morgan fingerprint density at radius 2 is 1.96 bits per heavy atom. The summed E-state index contributed by atoms with van der Waals surface area (Å²) in [5, 5.41) is 10.6. The molecule has 2 aliphatic heterocycles. The average molecular weight is 336 g/mol. The number of phenolic OH excluding ortho intramolecular Hbond substituents is 1. The summed E-state index contributed by atoms with van der Waals surface area (Å²) in [5.74, 6) is -0.0383. The first-order chi connectivity index (χ1) is 12.0. The molecule has 0 aliphatic carbocycles. The molecular formula is C20H16O5. The number of para-hydroxylation sites is 1. The fourth-order valence-electron chi connectivity index (χ4n) is 3.38. The molecule has 2 heterocycles. The van der Waals surface area contributed by atoms with Crippen molar-refractivity contribution in [1.29, 1.82) is 0 Å². The first kappa shape index (κ1) is 15.4. The number of ether oxygens (including phenoxy) is 2. The zero-order chi connectivity index (χ0) is 17.6. The number of fused-ring (bicyclic) bond motifs is 2. The summed E-state index contributed by atoms with van der Waals surface area (Å²) in [6.07, 6.45) is 2.07. The van der Waals surface area contributed by atoms with E-state index in [1.165, 1.54) is 13.0 Å². The SMILES string of the molecule is CC(=O)c1ccc2c(c1O)[C@H](C1=Cc3ccccc3OC1)CC(=O)O2. The van der Waals surface area contributed by atoms with Gasteiger partial charge in [-0.25, -0.2) is 0 Å². The molecule has 0 spiro atoms. The molecule has 0 fully saturated rings.